The van der Waals surface area contributed by atoms with Gasteiger partial charge in [-0.2, -0.15) is 5.26 Å². The number of fused-ring (bicyclic) bond motifs is 1. The Kier molecular flexibility index (Phi) is 12.5. The van der Waals surface area contributed by atoms with E-state index in [0.717, 1.165) is 50.4 Å². The smallest absolute Gasteiger partial charge is 0.272 e. The molecule has 278 valence electrons. The molecule has 1 atom stereocenters. The molecule has 2 heterocycles. The highest BCUT2D eigenvalue weighted by atomic mass is 79.9. The normalized spacial score (nSPS) is 13.2. The number of nitriles is 1. The van der Waals surface area contributed by atoms with Crippen LogP contribution in [-0.2, 0) is 29.1 Å². The molecule has 3 N–H and O–H groups in total. The largest absolute Gasteiger partial charge is 0.321 e. The summed E-state index contributed by atoms with van der Waals surface area (Å²) >= 11 is 6.25. The van der Waals surface area contributed by atoms with Crippen LogP contribution >= 0.6 is 39.0 Å². The van der Waals surface area contributed by atoms with E-state index in [-0.39, 0.29) is 11.6 Å². The topological polar surface area (TPSA) is 114 Å². The van der Waals surface area contributed by atoms with Gasteiger partial charge in [-0.25, -0.2) is 0 Å². The molecule has 8 nitrogen and oxygen atoms in total. The lowest BCUT2D eigenvalue weighted by Crippen LogP contribution is -2.30. The van der Waals surface area contributed by atoms with Crippen molar-refractivity contribution in [1.82, 2.24) is 10.2 Å². The van der Waals surface area contributed by atoms with Crippen molar-refractivity contribution in [2.45, 2.75) is 29.7 Å². The molecule has 1 aliphatic heterocycles. The fourth-order valence-corrected chi connectivity index (χ4v) is 8.96. The maximum atomic E-state index is 14.2. The van der Waals surface area contributed by atoms with Crippen LogP contribution in [0.3, 0.4) is 0 Å². The fraction of sp³-hybridized carbons (Fsp3) is 0.111. The number of rotatable bonds is 12. The number of anilines is 2. The molecule has 0 saturated heterocycles. The number of nitrogens with one attached hydrogen (secondary N) is 3. The van der Waals surface area contributed by atoms with Crippen LogP contribution in [0.5, 0.6) is 0 Å². The number of amides is 3. The van der Waals surface area contributed by atoms with Crippen molar-refractivity contribution in [3.05, 3.63) is 188 Å². The molecule has 1 aromatic heterocycles. The number of hydrogen-bond acceptors (Lipinski definition) is 7. The first-order valence-electron chi connectivity index (χ1n) is 17.9. The van der Waals surface area contributed by atoms with Crippen molar-refractivity contribution in [3.8, 4) is 6.07 Å². The molecule has 5 aromatic carbocycles. The number of thioether (sulfide) groups is 1. The van der Waals surface area contributed by atoms with E-state index >= 15 is 0 Å². The van der Waals surface area contributed by atoms with Crippen LogP contribution in [0.4, 0.5) is 10.7 Å². The van der Waals surface area contributed by atoms with E-state index in [1.165, 1.54) is 28.7 Å². The lowest BCUT2D eigenvalue weighted by atomic mass is 10.0. The molecule has 0 spiro atoms. The van der Waals surface area contributed by atoms with Crippen molar-refractivity contribution in [2.24, 2.45) is 0 Å². The first kappa shape index (κ1) is 38.5. The molecule has 0 saturated carbocycles. The van der Waals surface area contributed by atoms with Gasteiger partial charge in [0.15, 0.2) is 0 Å². The molecule has 0 radical (unpaired) electrons. The van der Waals surface area contributed by atoms with Crippen LogP contribution in [0, 0.1) is 11.3 Å². The minimum absolute atomic E-state index is 0.0656. The number of carbonyl (C=O) groups is 3. The van der Waals surface area contributed by atoms with Crippen LogP contribution in [0.15, 0.2) is 155 Å². The second-order valence-electron chi connectivity index (χ2n) is 13.1. The van der Waals surface area contributed by atoms with E-state index in [9.17, 15) is 19.6 Å². The number of halogens is 1. The van der Waals surface area contributed by atoms with E-state index in [4.69, 9.17) is 0 Å². The summed E-state index contributed by atoms with van der Waals surface area (Å²) in [5, 5.41) is 19.0. The molecule has 56 heavy (non-hydrogen) atoms. The third-order valence-corrected chi connectivity index (χ3v) is 12.0. The molecule has 0 bridgehead atoms. The molecule has 0 fully saturated rings. The van der Waals surface area contributed by atoms with Crippen molar-refractivity contribution in [2.75, 3.05) is 17.2 Å². The first-order valence-corrected chi connectivity index (χ1v) is 20.4. The highest BCUT2D eigenvalue weighted by Crippen LogP contribution is 2.41. The van der Waals surface area contributed by atoms with Gasteiger partial charge in [-0.3, -0.25) is 19.3 Å². The molecule has 0 aliphatic carbocycles. The Balaban J connectivity index is 1.09. The second-order valence-corrected chi connectivity index (χ2v) is 16.3. The molecule has 1 unspecified atom stereocenters. The molecule has 3 amide bonds. The SMILES string of the molecule is N#Cc1c(NC(=O)C(Sc2cccc(NC(=O)/C(=C/c3ccc(Br)cc3)NC(=O)c3ccccc3)c2)c2ccccc2)sc2c1CCN(Cc1ccccc1)C2. The van der Waals surface area contributed by atoms with Crippen molar-refractivity contribution in [3.63, 3.8) is 0 Å². The van der Waals surface area contributed by atoms with Crippen LogP contribution in [0.25, 0.3) is 6.08 Å². The maximum absolute atomic E-state index is 14.2. The first-order chi connectivity index (χ1) is 27.3. The molecular weight excluding hydrogens is 803 g/mol. The molecular formula is C45H36BrN5O3S2. The third kappa shape index (κ3) is 9.72. The van der Waals surface area contributed by atoms with E-state index in [1.54, 1.807) is 48.5 Å². The fourth-order valence-electron chi connectivity index (χ4n) is 6.37. The zero-order valence-electron chi connectivity index (χ0n) is 30.1. The van der Waals surface area contributed by atoms with E-state index in [1.807, 2.05) is 84.9 Å². The summed E-state index contributed by atoms with van der Waals surface area (Å²) in [6.45, 7) is 2.36. The number of nitrogens with zero attached hydrogens (tertiary/aromatic N) is 2. The van der Waals surface area contributed by atoms with Gasteiger partial charge in [0.05, 0.1) is 5.56 Å². The number of carbonyl (C=O) groups excluding carboxylic acids is 3. The number of thiophene rings is 1. The Labute approximate surface area is 342 Å². The van der Waals surface area contributed by atoms with Crippen molar-refractivity contribution >= 4 is 73.5 Å². The Morgan fingerprint density at radius 3 is 2.27 bits per heavy atom. The van der Waals surface area contributed by atoms with Crippen molar-refractivity contribution in [1.29, 1.82) is 5.26 Å². The Hall–Kier alpha value is -5.77. The molecule has 7 rings (SSSR count). The third-order valence-electron chi connectivity index (χ3n) is 9.13. The van der Waals surface area contributed by atoms with E-state index < -0.39 is 17.1 Å². The Bertz CT molecular complexity index is 2410. The van der Waals surface area contributed by atoms with Crippen LogP contribution < -0.4 is 16.0 Å². The monoisotopic (exact) mass is 837 g/mol. The highest BCUT2D eigenvalue weighted by Gasteiger charge is 2.28. The minimum Gasteiger partial charge on any atom is -0.321 e. The van der Waals surface area contributed by atoms with Gasteiger partial charge in [0.2, 0.25) is 5.91 Å². The zero-order valence-corrected chi connectivity index (χ0v) is 33.3. The standard InChI is InChI=1S/C45H36BrN5O3S2/c46-34-21-19-30(20-22-34)25-39(49-42(52)33-15-8-3-9-16-33)43(53)48-35-17-10-18-36(26-35)55-41(32-13-6-2-7-14-32)44(54)50-45-38(27-47)37-23-24-51(29-40(37)56-45)28-31-11-4-1-5-12-31/h1-22,25-26,41H,23-24,28-29H2,(H,48,53)(H,49,52)(H,50,54)/b39-25-. The summed E-state index contributed by atoms with van der Waals surface area (Å²) < 4.78 is 0.886. The minimum atomic E-state index is -0.666. The van der Waals surface area contributed by atoms with Crippen molar-refractivity contribution < 1.29 is 14.4 Å². The zero-order chi connectivity index (χ0) is 38.9. The molecule has 11 heteroatoms. The second kappa shape index (κ2) is 18.2. The van der Waals surface area contributed by atoms with E-state index in [0.29, 0.717) is 28.4 Å². The molecule has 1 aliphatic rings. The predicted molar refractivity (Wildman–Crippen MR) is 228 cm³/mol. The summed E-state index contributed by atoms with van der Waals surface area (Å²) in [6.07, 6.45) is 2.36. The van der Waals surface area contributed by atoms with E-state index in [2.05, 4.69) is 55.0 Å². The average Bonchev–Trinajstić information content (AvgIpc) is 3.57. The van der Waals surface area contributed by atoms with Gasteiger partial charge in [-0.15, -0.1) is 23.1 Å². The highest BCUT2D eigenvalue weighted by molar-refractivity contribution is 9.10. The van der Waals surface area contributed by atoms with Gasteiger partial charge < -0.3 is 16.0 Å². The summed E-state index contributed by atoms with van der Waals surface area (Å²) in [5.74, 6) is -1.18. The van der Waals surface area contributed by atoms with Gasteiger partial charge >= 0.3 is 0 Å². The lowest BCUT2D eigenvalue weighted by Gasteiger charge is -2.26. The Morgan fingerprint density at radius 2 is 1.55 bits per heavy atom. The van der Waals surface area contributed by atoms with Gasteiger partial charge in [0.25, 0.3) is 11.8 Å². The molecule has 6 aromatic rings. The predicted octanol–water partition coefficient (Wildman–Crippen LogP) is 9.82. The van der Waals surface area contributed by atoms with Gasteiger partial charge in [-0.1, -0.05) is 113 Å². The van der Waals surface area contributed by atoms with Crippen LogP contribution in [0.2, 0.25) is 0 Å². The lowest BCUT2D eigenvalue weighted by molar-refractivity contribution is -0.116. The summed E-state index contributed by atoms with van der Waals surface area (Å²) in [4.78, 5) is 45.3. The van der Waals surface area contributed by atoms with Crippen LogP contribution in [0.1, 0.15) is 48.3 Å². The quantitative estimate of drug-likeness (QED) is 0.0836. The number of benzene rings is 5. The van der Waals surface area contributed by atoms with Gasteiger partial charge in [0, 0.05) is 45.1 Å². The maximum Gasteiger partial charge on any atom is 0.272 e. The summed E-state index contributed by atoms with van der Waals surface area (Å²) in [6, 6.07) is 45.5. The van der Waals surface area contributed by atoms with Gasteiger partial charge in [0.1, 0.15) is 22.0 Å². The summed E-state index contributed by atoms with van der Waals surface area (Å²) in [5.41, 5.74) is 5.27. The Morgan fingerprint density at radius 1 is 0.857 bits per heavy atom. The van der Waals surface area contributed by atoms with Crippen LogP contribution in [-0.4, -0.2) is 29.2 Å². The average molecular weight is 839 g/mol. The van der Waals surface area contributed by atoms with Gasteiger partial charge in [-0.05, 0) is 77.2 Å². The number of hydrogen-bond donors (Lipinski definition) is 3. The summed E-state index contributed by atoms with van der Waals surface area (Å²) in [7, 11) is 0.